The maximum absolute atomic E-state index is 9.30. The van der Waals surface area contributed by atoms with Gasteiger partial charge in [-0.15, -0.1) is 0 Å². The van der Waals surface area contributed by atoms with E-state index in [0.29, 0.717) is 45.6 Å². The number of aromatic nitrogens is 3. The molecule has 2 aromatic carbocycles. The van der Waals surface area contributed by atoms with Gasteiger partial charge in [-0.2, -0.15) is 15.0 Å². The number of aliphatic hydroxyl groups is 1. The van der Waals surface area contributed by atoms with Crippen molar-refractivity contribution < 1.29 is 5.11 Å². The lowest BCUT2D eigenvalue weighted by Gasteiger charge is -2.22. The SMILES string of the molecule is CCN(CC)c1ccc(N)c(Nc2nc(Nc3cc(N(CC)CC)ccc3N)nc(SCCO)n2)c1. The first-order chi connectivity index (χ1) is 17.4. The molecule has 0 unspecified atom stereocenters. The summed E-state index contributed by atoms with van der Waals surface area (Å²) in [6.45, 7) is 12.0. The Kier molecular flexibility index (Phi) is 9.83. The van der Waals surface area contributed by atoms with Crippen LogP contribution in [0.2, 0.25) is 0 Å². The van der Waals surface area contributed by atoms with Crippen LogP contribution in [0.1, 0.15) is 27.7 Å². The molecule has 194 valence electrons. The Morgan fingerprint density at radius 1 is 0.750 bits per heavy atom. The van der Waals surface area contributed by atoms with Gasteiger partial charge in [-0.3, -0.25) is 0 Å². The number of hydrogen-bond donors (Lipinski definition) is 5. The number of hydrogen-bond acceptors (Lipinski definition) is 11. The summed E-state index contributed by atoms with van der Waals surface area (Å²) in [5.41, 5.74) is 17.2. The molecule has 1 heterocycles. The third kappa shape index (κ3) is 6.82. The summed E-state index contributed by atoms with van der Waals surface area (Å²) in [5, 5.41) is 16.3. The van der Waals surface area contributed by atoms with Gasteiger partial charge >= 0.3 is 0 Å². The highest BCUT2D eigenvalue weighted by atomic mass is 32.2. The summed E-state index contributed by atoms with van der Waals surface area (Å²) in [4.78, 5) is 18.1. The Hall–Kier alpha value is -3.44. The minimum atomic E-state index is 0.0135. The van der Waals surface area contributed by atoms with Crippen LogP contribution in [0, 0.1) is 0 Å². The lowest BCUT2D eigenvalue weighted by Crippen LogP contribution is -2.22. The molecule has 10 nitrogen and oxygen atoms in total. The van der Waals surface area contributed by atoms with Crippen molar-refractivity contribution in [2.24, 2.45) is 0 Å². The highest BCUT2D eigenvalue weighted by Gasteiger charge is 2.13. The zero-order chi connectivity index (χ0) is 26.1. The standard InChI is InChI=1S/C25H37N9OS/c1-5-33(6-2)17-9-11-19(26)21(15-17)28-23-30-24(32-25(31-23)36-14-13-35)29-22-16-18(10-12-20(22)27)34(7-3)8-4/h9-12,15-16,35H,5-8,13-14,26-27H2,1-4H3,(H2,28,29,30,31,32). The van der Waals surface area contributed by atoms with Gasteiger partial charge in [0, 0.05) is 43.3 Å². The van der Waals surface area contributed by atoms with Crippen LogP contribution in [0.15, 0.2) is 41.6 Å². The molecule has 36 heavy (non-hydrogen) atoms. The van der Waals surface area contributed by atoms with E-state index in [1.165, 1.54) is 11.8 Å². The number of nitrogens with zero attached hydrogens (tertiary/aromatic N) is 5. The van der Waals surface area contributed by atoms with Gasteiger partial charge in [0.15, 0.2) is 5.16 Å². The fourth-order valence-electron chi connectivity index (χ4n) is 3.79. The van der Waals surface area contributed by atoms with E-state index in [-0.39, 0.29) is 6.61 Å². The summed E-state index contributed by atoms with van der Waals surface area (Å²) in [6.07, 6.45) is 0. The lowest BCUT2D eigenvalue weighted by molar-refractivity contribution is 0.322. The van der Waals surface area contributed by atoms with Crippen LogP contribution in [-0.4, -0.2) is 58.6 Å². The minimum Gasteiger partial charge on any atom is -0.397 e. The van der Waals surface area contributed by atoms with Gasteiger partial charge in [0.2, 0.25) is 11.9 Å². The predicted molar refractivity (Wildman–Crippen MR) is 153 cm³/mol. The second-order valence-electron chi connectivity index (χ2n) is 7.97. The minimum absolute atomic E-state index is 0.0135. The van der Waals surface area contributed by atoms with E-state index in [2.05, 4.69) is 63.1 Å². The maximum Gasteiger partial charge on any atom is 0.233 e. The van der Waals surface area contributed by atoms with Crippen molar-refractivity contribution in [1.29, 1.82) is 0 Å². The van der Waals surface area contributed by atoms with Crippen LogP contribution in [0.25, 0.3) is 0 Å². The van der Waals surface area contributed by atoms with Crippen molar-refractivity contribution in [2.75, 3.05) is 70.4 Å². The summed E-state index contributed by atoms with van der Waals surface area (Å²) in [7, 11) is 0. The highest BCUT2D eigenvalue weighted by Crippen LogP contribution is 2.31. The van der Waals surface area contributed by atoms with E-state index >= 15 is 0 Å². The second kappa shape index (κ2) is 13.0. The molecule has 3 aromatic rings. The third-order valence-corrected chi connectivity index (χ3v) is 6.59. The number of aliphatic hydroxyl groups excluding tert-OH is 1. The van der Waals surface area contributed by atoms with Gasteiger partial charge in [0.1, 0.15) is 0 Å². The predicted octanol–water partition coefficient (Wildman–Crippen LogP) is 4.30. The molecule has 0 bridgehead atoms. The van der Waals surface area contributed by atoms with E-state index < -0.39 is 0 Å². The van der Waals surface area contributed by atoms with Gasteiger partial charge in [-0.05, 0) is 64.1 Å². The number of nitrogens with one attached hydrogen (secondary N) is 2. The van der Waals surface area contributed by atoms with Gasteiger partial charge in [0.05, 0.1) is 29.4 Å². The molecule has 1 aromatic heterocycles. The Morgan fingerprint density at radius 3 is 1.58 bits per heavy atom. The fraction of sp³-hybridized carbons (Fsp3) is 0.400. The Balaban J connectivity index is 1.95. The quantitative estimate of drug-likeness (QED) is 0.166. The average molecular weight is 512 g/mol. The summed E-state index contributed by atoms with van der Waals surface area (Å²) >= 11 is 1.34. The summed E-state index contributed by atoms with van der Waals surface area (Å²) in [5.74, 6) is 1.15. The van der Waals surface area contributed by atoms with Crippen LogP contribution < -0.4 is 31.9 Å². The first-order valence-corrected chi connectivity index (χ1v) is 13.2. The summed E-state index contributed by atoms with van der Waals surface area (Å²) in [6, 6.07) is 11.7. The van der Waals surface area contributed by atoms with Crippen LogP contribution in [0.3, 0.4) is 0 Å². The van der Waals surface area contributed by atoms with Crippen LogP contribution in [-0.2, 0) is 0 Å². The average Bonchev–Trinajstić information content (AvgIpc) is 2.88. The van der Waals surface area contributed by atoms with E-state index in [1.54, 1.807) is 0 Å². The molecule has 0 atom stereocenters. The topological polar surface area (TPSA) is 141 Å². The molecule has 0 saturated heterocycles. The molecule has 0 saturated carbocycles. The van der Waals surface area contributed by atoms with Crippen LogP contribution in [0.4, 0.5) is 46.0 Å². The summed E-state index contributed by atoms with van der Waals surface area (Å²) < 4.78 is 0. The maximum atomic E-state index is 9.30. The highest BCUT2D eigenvalue weighted by molar-refractivity contribution is 7.99. The van der Waals surface area contributed by atoms with E-state index in [0.717, 1.165) is 37.6 Å². The third-order valence-electron chi connectivity index (χ3n) is 5.76. The van der Waals surface area contributed by atoms with Crippen molar-refractivity contribution in [3.63, 3.8) is 0 Å². The molecule has 0 aliphatic carbocycles. The molecule has 0 amide bonds. The smallest absolute Gasteiger partial charge is 0.233 e. The van der Waals surface area contributed by atoms with Crippen LogP contribution in [0.5, 0.6) is 0 Å². The molecule has 11 heteroatoms. The Bertz CT molecular complexity index is 1050. The van der Waals surface area contributed by atoms with Crippen molar-refractivity contribution >= 4 is 57.8 Å². The molecule has 0 radical (unpaired) electrons. The largest absolute Gasteiger partial charge is 0.397 e. The van der Waals surface area contributed by atoms with Gasteiger partial charge in [0.25, 0.3) is 0 Å². The van der Waals surface area contributed by atoms with E-state index in [4.69, 9.17) is 11.5 Å². The normalized spacial score (nSPS) is 10.8. The molecule has 0 spiro atoms. The Morgan fingerprint density at radius 2 is 1.19 bits per heavy atom. The first-order valence-electron chi connectivity index (χ1n) is 12.2. The fourth-order valence-corrected chi connectivity index (χ4v) is 4.36. The zero-order valence-electron chi connectivity index (χ0n) is 21.5. The van der Waals surface area contributed by atoms with E-state index in [1.807, 2.05) is 36.4 Å². The van der Waals surface area contributed by atoms with Crippen molar-refractivity contribution in [1.82, 2.24) is 15.0 Å². The molecule has 3 rings (SSSR count). The molecular formula is C25H37N9OS. The van der Waals surface area contributed by atoms with E-state index in [9.17, 15) is 5.11 Å². The Labute approximate surface area is 217 Å². The number of thioether (sulfide) groups is 1. The lowest BCUT2D eigenvalue weighted by atomic mass is 10.2. The number of nitrogens with two attached hydrogens (primary N) is 2. The number of rotatable bonds is 13. The number of benzene rings is 2. The molecule has 7 N–H and O–H groups in total. The molecule has 0 aliphatic rings. The molecule has 0 fully saturated rings. The van der Waals surface area contributed by atoms with Gasteiger partial charge in [-0.25, -0.2) is 0 Å². The van der Waals surface area contributed by atoms with Gasteiger partial charge < -0.3 is 37.0 Å². The van der Waals surface area contributed by atoms with Crippen molar-refractivity contribution in [3.8, 4) is 0 Å². The number of anilines is 8. The van der Waals surface area contributed by atoms with Gasteiger partial charge in [-0.1, -0.05) is 11.8 Å². The van der Waals surface area contributed by atoms with Crippen LogP contribution >= 0.6 is 11.8 Å². The zero-order valence-corrected chi connectivity index (χ0v) is 22.3. The van der Waals surface area contributed by atoms with Crippen molar-refractivity contribution in [3.05, 3.63) is 36.4 Å². The molecular weight excluding hydrogens is 474 g/mol. The first kappa shape index (κ1) is 27.2. The monoisotopic (exact) mass is 511 g/mol. The second-order valence-corrected chi connectivity index (χ2v) is 9.04. The molecule has 0 aliphatic heterocycles. The number of nitrogen functional groups attached to an aromatic ring is 2. The van der Waals surface area contributed by atoms with Crippen molar-refractivity contribution in [2.45, 2.75) is 32.9 Å².